The van der Waals surface area contributed by atoms with Gasteiger partial charge in [0.15, 0.2) is 18.9 Å². The minimum atomic E-state index is -1.97. The van der Waals surface area contributed by atoms with Crippen molar-refractivity contribution in [2.45, 2.75) is 446 Å². The quantitative estimate of drug-likeness (QED) is 0.0252. The lowest BCUT2D eigenvalue weighted by Gasteiger charge is -2.48. The van der Waals surface area contributed by atoms with Crippen LogP contribution in [-0.2, 0) is 33.2 Å². The molecule has 1 amide bonds. The Labute approximate surface area is 570 Å². The number of hydrogen-bond donors (Lipinski definition) is 12. The minimum absolute atomic E-state index is 0.233. The maximum atomic E-state index is 13.5. The number of carbonyl (C=O) groups is 1. The molecule has 3 aliphatic heterocycles. The first-order valence-corrected chi connectivity index (χ1v) is 39.3. The summed E-state index contributed by atoms with van der Waals surface area (Å²) in [7, 11) is 0. The maximum absolute atomic E-state index is 13.5. The summed E-state index contributed by atoms with van der Waals surface area (Å²) in [6, 6.07) is -0.882. The SMILES string of the molecule is CCCCCCCCCCCCCCCCCCCCCCCCCCCCCCCCCC(=O)NC(COC1OC(CO)C(OC2OC(CO)C(OC3OC(CO)C(O)C(O)C3O)C(O)C2O)C(O)C1O)C(O)CCCCCCCCCCCCCCCCCCCC. The Kier molecular flexibility index (Phi) is 53.1. The largest absolute Gasteiger partial charge is 0.394 e. The van der Waals surface area contributed by atoms with Crippen molar-refractivity contribution in [3.8, 4) is 0 Å². The van der Waals surface area contributed by atoms with Crippen LogP contribution < -0.4 is 5.32 Å². The fraction of sp³-hybridized carbons (Fsp3) is 0.987. The lowest BCUT2D eigenvalue weighted by Crippen LogP contribution is -2.66. The summed E-state index contributed by atoms with van der Waals surface area (Å²) in [5.41, 5.74) is 0. The molecule has 0 aromatic carbocycles. The van der Waals surface area contributed by atoms with Gasteiger partial charge in [-0.2, -0.15) is 0 Å². The van der Waals surface area contributed by atoms with Crippen LogP contribution >= 0.6 is 0 Å². The Morgan fingerprint density at radius 2 is 0.606 bits per heavy atom. The monoisotopic (exact) mass is 1350 g/mol. The molecule has 3 heterocycles. The predicted octanol–water partition coefficient (Wildman–Crippen LogP) is 12.2. The van der Waals surface area contributed by atoms with Gasteiger partial charge in [0.25, 0.3) is 0 Å². The Balaban J connectivity index is 1.35. The van der Waals surface area contributed by atoms with Crippen LogP contribution in [0.1, 0.15) is 341 Å². The highest BCUT2D eigenvalue weighted by Crippen LogP contribution is 2.33. The Hall–Kier alpha value is -1.21. The van der Waals surface area contributed by atoms with Gasteiger partial charge in [-0.1, -0.05) is 322 Å². The smallest absolute Gasteiger partial charge is 0.220 e. The van der Waals surface area contributed by atoms with Crippen LogP contribution in [0.5, 0.6) is 0 Å². The van der Waals surface area contributed by atoms with E-state index in [2.05, 4.69) is 19.2 Å². The van der Waals surface area contributed by atoms with Crippen molar-refractivity contribution in [3.63, 3.8) is 0 Å². The minimum Gasteiger partial charge on any atom is -0.394 e. The molecule has 0 saturated carbocycles. The van der Waals surface area contributed by atoms with E-state index in [1.54, 1.807) is 0 Å². The number of aliphatic hydroxyl groups is 11. The Bertz CT molecular complexity index is 1700. The predicted molar refractivity (Wildman–Crippen MR) is 370 cm³/mol. The van der Waals surface area contributed by atoms with Gasteiger partial charge in [-0.3, -0.25) is 4.79 Å². The van der Waals surface area contributed by atoms with Crippen molar-refractivity contribution in [1.29, 1.82) is 0 Å². The molecular formula is C75H145NO18. The zero-order chi connectivity index (χ0) is 68.2. The summed E-state index contributed by atoms with van der Waals surface area (Å²) in [5, 5.41) is 121. The molecule has 12 N–H and O–H groups in total. The number of amides is 1. The van der Waals surface area contributed by atoms with Crippen molar-refractivity contribution < 1.29 is 89.4 Å². The second kappa shape index (κ2) is 57.4. The highest BCUT2D eigenvalue weighted by atomic mass is 16.8. The molecule has 0 radical (unpaired) electrons. The van der Waals surface area contributed by atoms with Crippen LogP contribution in [0.15, 0.2) is 0 Å². The highest BCUT2D eigenvalue weighted by molar-refractivity contribution is 5.76. The standard InChI is InChI=1S/C75H145NO18/c1-3-5-7-9-11-13-15-17-19-21-23-24-25-26-27-28-29-30-31-32-33-34-35-37-39-41-43-45-47-49-51-53-63(81)76-58(59(80)52-50-48-46-44-42-40-38-36-22-20-18-16-14-12-10-8-6-4-2)57-89-73-69(87)66(84)71(61(55-78)91-73)94-75-70(88)67(85)72(62(56-79)92-75)93-74-68(86)65(83)64(82)60(54-77)90-74/h58-62,64-75,77-80,82-88H,3-57H2,1-2H3,(H,76,81). The van der Waals surface area contributed by atoms with Crippen LogP contribution in [-0.4, -0.2) is 193 Å². The molecule has 94 heavy (non-hydrogen) atoms. The lowest BCUT2D eigenvalue weighted by atomic mass is 9.96. The van der Waals surface area contributed by atoms with Gasteiger partial charge < -0.3 is 89.9 Å². The molecule has 17 unspecified atom stereocenters. The zero-order valence-corrected chi connectivity index (χ0v) is 59.5. The van der Waals surface area contributed by atoms with Crippen LogP contribution in [0.4, 0.5) is 0 Å². The fourth-order valence-electron chi connectivity index (χ4n) is 13.8. The molecular weight excluding hydrogens is 1200 g/mol. The van der Waals surface area contributed by atoms with E-state index in [1.165, 1.54) is 263 Å². The molecule has 0 aromatic rings. The molecule has 3 saturated heterocycles. The second-order valence-electron chi connectivity index (χ2n) is 28.5. The van der Waals surface area contributed by atoms with Crippen molar-refractivity contribution in [2.24, 2.45) is 0 Å². The van der Waals surface area contributed by atoms with Gasteiger partial charge >= 0.3 is 0 Å². The Morgan fingerprint density at radius 1 is 0.340 bits per heavy atom. The third-order valence-electron chi connectivity index (χ3n) is 20.2. The number of nitrogens with one attached hydrogen (secondary N) is 1. The van der Waals surface area contributed by atoms with E-state index in [0.29, 0.717) is 12.8 Å². The van der Waals surface area contributed by atoms with Crippen LogP contribution in [0, 0.1) is 0 Å². The summed E-state index contributed by atoms with van der Waals surface area (Å²) < 4.78 is 34.5. The van der Waals surface area contributed by atoms with Gasteiger partial charge in [-0.15, -0.1) is 0 Å². The van der Waals surface area contributed by atoms with Crippen molar-refractivity contribution in [3.05, 3.63) is 0 Å². The van der Waals surface area contributed by atoms with Crippen molar-refractivity contribution in [2.75, 3.05) is 26.4 Å². The van der Waals surface area contributed by atoms with E-state index in [0.717, 1.165) is 44.9 Å². The van der Waals surface area contributed by atoms with Crippen LogP contribution in [0.3, 0.4) is 0 Å². The van der Waals surface area contributed by atoms with Gasteiger partial charge in [0, 0.05) is 6.42 Å². The average Bonchev–Trinajstić information content (AvgIpc) is 0.787. The highest BCUT2D eigenvalue weighted by Gasteiger charge is 2.54. The topological polar surface area (TPSA) is 307 Å². The van der Waals surface area contributed by atoms with E-state index in [1.807, 2.05) is 0 Å². The van der Waals surface area contributed by atoms with Gasteiger partial charge in [0.05, 0.1) is 38.6 Å². The molecule has 0 bridgehead atoms. The van der Waals surface area contributed by atoms with E-state index < -0.39 is 124 Å². The first-order valence-electron chi connectivity index (χ1n) is 39.3. The molecule has 19 nitrogen and oxygen atoms in total. The Morgan fingerprint density at radius 3 is 0.926 bits per heavy atom. The first-order chi connectivity index (χ1) is 45.8. The summed E-state index contributed by atoms with van der Waals surface area (Å²) >= 11 is 0. The number of aliphatic hydroxyl groups excluding tert-OH is 11. The number of carbonyl (C=O) groups excluding carboxylic acids is 1. The second-order valence-corrected chi connectivity index (χ2v) is 28.5. The lowest BCUT2D eigenvalue weighted by molar-refractivity contribution is -0.379. The number of unbranched alkanes of at least 4 members (excludes halogenated alkanes) is 47. The molecule has 19 heteroatoms. The van der Waals surface area contributed by atoms with Gasteiger partial charge in [0.2, 0.25) is 5.91 Å². The van der Waals surface area contributed by atoms with Crippen molar-refractivity contribution in [1.82, 2.24) is 5.32 Å². The summed E-state index contributed by atoms with van der Waals surface area (Å²) in [5.74, 6) is -0.233. The maximum Gasteiger partial charge on any atom is 0.220 e. The molecule has 17 atom stereocenters. The molecule has 0 spiro atoms. The number of hydrogen-bond acceptors (Lipinski definition) is 18. The van der Waals surface area contributed by atoms with Gasteiger partial charge in [-0.05, 0) is 12.8 Å². The molecule has 3 aliphatic rings. The van der Waals surface area contributed by atoms with E-state index in [9.17, 15) is 61.0 Å². The van der Waals surface area contributed by atoms with Gasteiger partial charge in [-0.25, -0.2) is 0 Å². The molecule has 558 valence electrons. The molecule has 0 aliphatic carbocycles. The third kappa shape index (κ3) is 38.0. The summed E-state index contributed by atoms with van der Waals surface area (Å²) in [4.78, 5) is 13.5. The fourth-order valence-corrected chi connectivity index (χ4v) is 13.8. The van der Waals surface area contributed by atoms with Gasteiger partial charge in [0.1, 0.15) is 73.2 Å². The third-order valence-corrected chi connectivity index (χ3v) is 20.2. The van der Waals surface area contributed by atoms with E-state index in [4.69, 9.17) is 28.4 Å². The first kappa shape index (κ1) is 87.0. The number of ether oxygens (including phenoxy) is 6. The van der Waals surface area contributed by atoms with E-state index in [-0.39, 0.29) is 18.9 Å². The summed E-state index contributed by atoms with van der Waals surface area (Å²) in [6.45, 7) is 1.86. The molecule has 3 fully saturated rings. The average molecular weight is 1350 g/mol. The van der Waals surface area contributed by atoms with E-state index >= 15 is 0 Å². The normalized spacial score (nSPS) is 27.3. The van der Waals surface area contributed by atoms with Crippen molar-refractivity contribution >= 4 is 5.91 Å². The van der Waals surface area contributed by atoms with Crippen LogP contribution in [0.2, 0.25) is 0 Å². The molecule has 3 rings (SSSR count). The van der Waals surface area contributed by atoms with Crippen LogP contribution in [0.25, 0.3) is 0 Å². The molecule has 0 aromatic heterocycles. The number of rotatable bonds is 63. The summed E-state index contributed by atoms with van der Waals surface area (Å²) in [6.07, 6.45) is 37.7. The zero-order valence-electron chi connectivity index (χ0n) is 59.5.